The fourth-order valence-corrected chi connectivity index (χ4v) is 2.59. The van der Waals surface area contributed by atoms with Crippen LogP contribution < -0.4 is 10.5 Å². The van der Waals surface area contributed by atoms with E-state index in [1.807, 2.05) is 6.07 Å². The number of primary sulfonamides is 1. The molecule has 0 heterocycles. The molecule has 7 heteroatoms. The second kappa shape index (κ2) is 8.24. The summed E-state index contributed by atoms with van der Waals surface area (Å²) in [5, 5.41) is 16.5. The summed E-state index contributed by atoms with van der Waals surface area (Å²) in [5.41, 5.74) is 2.28. The van der Waals surface area contributed by atoms with Gasteiger partial charge in [-0.05, 0) is 47.9 Å². The minimum absolute atomic E-state index is 0.0608. The highest BCUT2D eigenvalue weighted by atomic mass is 32.2. The van der Waals surface area contributed by atoms with Crippen molar-refractivity contribution in [2.24, 2.45) is 5.14 Å². The van der Waals surface area contributed by atoms with Crippen LogP contribution in [0.5, 0.6) is 0 Å². The Kier molecular flexibility index (Phi) is 6.06. The summed E-state index contributed by atoms with van der Waals surface area (Å²) >= 11 is 0. The number of sulfonamides is 1. The number of nitrogens with zero attached hydrogens (tertiary/aromatic N) is 1. The third-order valence-corrected chi connectivity index (χ3v) is 4.36. The third kappa shape index (κ3) is 5.88. The van der Waals surface area contributed by atoms with E-state index >= 15 is 0 Å². The van der Waals surface area contributed by atoms with Crippen LogP contribution in [0.2, 0.25) is 0 Å². The number of carbonyl (C=O) groups excluding carboxylic acids is 1. The quantitative estimate of drug-likeness (QED) is 0.766. The maximum absolute atomic E-state index is 11.8. The van der Waals surface area contributed by atoms with E-state index in [2.05, 4.69) is 5.32 Å². The normalized spacial score (nSPS) is 11.2. The highest BCUT2D eigenvalue weighted by Gasteiger charge is 2.06. The molecule has 25 heavy (non-hydrogen) atoms. The molecular weight excluding hydrogens is 338 g/mol. The van der Waals surface area contributed by atoms with Crippen LogP contribution >= 0.6 is 0 Å². The topological polar surface area (TPSA) is 113 Å². The predicted molar refractivity (Wildman–Crippen MR) is 94.7 cm³/mol. The molecule has 0 saturated heterocycles. The second-order valence-electron chi connectivity index (χ2n) is 5.30. The Morgan fingerprint density at radius 3 is 2.32 bits per heavy atom. The Balaban J connectivity index is 1.82. The van der Waals surface area contributed by atoms with Gasteiger partial charge in [0.15, 0.2) is 0 Å². The van der Waals surface area contributed by atoms with Gasteiger partial charge in [0.1, 0.15) is 0 Å². The zero-order valence-corrected chi connectivity index (χ0v) is 14.2. The number of benzene rings is 2. The first-order chi connectivity index (χ1) is 11.9. The average Bonchev–Trinajstić information content (AvgIpc) is 2.60. The van der Waals surface area contributed by atoms with E-state index in [1.165, 1.54) is 18.2 Å². The lowest BCUT2D eigenvalue weighted by Gasteiger charge is -2.04. The summed E-state index contributed by atoms with van der Waals surface area (Å²) in [6.07, 6.45) is 3.66. The minimum Gasteiger partial charge on any atom is -0.352 e. The Morgan fingerprint density at radius 2 is 1.76 bits per heavy atom. The van der Waals surface area contributed by atoms with E-state index < -0.39 is 10.0 Å². The van der Waals surface area contributed by atoms with E-state index in [0.29, 0.717) is 18.5 Å². The van der Waals surface area contributed by atoms with Crippen molar-refractivity contribution in [2.45, 2.75) is 11.3 Å². The zero-order valence-electron chi connectivity index (χ0n) is 13.3. The number of nitrogens with two attached hydrogens (primary N) is 1. The van der Waals surface area contributed by atoms with Gasteiger partial charge in [-0.2, -0.15) is 5.26 Å². The van der Waals surface area contributed by atoms with Gasteiger partial charge in [-0.1, -0.05) is 24.3 Å². The first kappa shape index (κ1) is 18.4. The number of amides is 1. The maximum Gasteiger partial charge on any atom is 0.244 e. The molecule has 0 aliphatic heterocycles. The van der Waals surface area contributed by atoms with Crippen molar-refractivity contribution in [1.29, 1.82) is 5.26 Å². The van der Waals surface area contributed by atoms with Gasteiger partial charge in [-0.25, -0.2) is 13.6 Å². The summed E-state index contributed by atoms with van der Waals surface area (Å²) in [7, 11) is -3.69. The standard InChI is InChI=1S/C18H17N3O3S/c19-13-16-3-1-14(2-4-16)7-10-18(22)21-12-11-15-5-8-17(9-6-15)25(20,23)24/h1-10H,11-12H2,(H,21,22)(H2,20,23,24)/b10-7+. The van der Waals surface area contributed by atoms with Crippen LogP contribution in [-0.4, -0.2) is 20.9 Å². The van der Waals surface area contributed by atoms with E-state index in [4.69, 9.17) is 10.4 Å². The van der Waals surface area contributed by atoms with Crippen LogP contribution in [0.3, 0.4) is 0 Å². The minimum atomic E-state index is -3.69. The highest BCUT2D eigenvalue weighted by Crippen LogP contribution is 2.09. The molecule has 2 aromatic rings. The molecule has 0 saturated carbocycles. The van der Waals surface area contributed by atoms with Gasteiger partial charge < -0.3 is 5.32 Å². The molecule has 0 radical (unpaired) electrons. The fraction of sp³-hybridized carbons (Fsp3) is 0.111. The average molecular weight is 355 g/mol. The number of hydrogen-bond donors (Lipinski definition) is 2. The highest BCUT2D eigenvalue weighted by molar-refractivity contribution is 7.89. The molecule has 2 aromatic carbocycles. The molecule has 2 rings (SSSR count). The Bertz CT molecular complexity index is 910. The summed E-state index contributed by atoms with van der Waals surface area (Å²) in [5.74, 6) is -0.231. The third-order valence-electron chi connectivity index (χ3n) is 3.43. The van der Waals surface area contributed by atoms with Gasteiger partial charge in [-0.3, -0.25) is 4.79 Å². The van der Waals surface area contributed by atoms with Gasteiger partial charge in [0.25, 0.3) is 0 Å². The van der Waals surface area contributed by atoms with E-state index in [9.17, 15) is 13.2 Å². The molecule has 1 amide bonds. The van der Waals surface area contributed by atoms with Gasteiger partial charge in [0.05, 0.1) is 16.5 Å². The predicted octanol–water partition coefficient (Wildman–Crippen LogP) is 1.58. The molecule has 3 N–H and O–H groups in total. The molecule has 0 spiro atoms. The van der Waals surface area contributed by atoms with Crippen LogP contribution in [0.4, 0.5) is 0 Å². The van der Waals surface area contributed by atoms with Crippen molar-refractivity contribution in [3.63, 3.8) is 0 Å². The number of rotatable bonds is 6. The van der Waals surface area contributed by atoms with Gasteiger partial charge in [-0.15, -0.1) is 0 Å². The van der Waals surface area contributed by atoms with Crippen LogP contribution in [0.1, 0.15) is 16.7 Å². The molecule has 128 valence electrons. The van der Waals surface area contributed by atoms with Crippen LogP contribution in [0.15, 0.2) is 59.5 Å². The smallest absolute Gasteiger partial charge is 0.244 e. The van der Waals surface area contributed by atoms with Gasteiger partial charge in [0, 0.05) is 12.6 Å². The van der Waals surface area contributed by atoms with Gasteiger partial charge in [0.2, 0.25) is 15.9 Å². The monoisotopic (exact) mass is 355 g/mol. The van der Waals surface area contributed by atoms with Crippen molar-refractivity contribution in [2.75, 3.05) is 6.54 Å². The molecule has 6 nitrogen and oxygen atoms in total. The molecule has 0 aliphatic rings. The van der Waals surface area contributed by atoms with Crippen molar-refractivity contribution in [3.05, 3.63) is 71.3 Å². The lowest BCUT2D eigenvalue weighted by molar-refractivity contribution is -0.116. The fourth-order valence-electron chi connectivity index (χ4n) is 2.08. The first-order valence-electron chi connectivity index (χ1n) is 7.46. The van der Waals surface area contributed by atoms with Crippen molar-refractivity contribution in [3.8, 4) is 6.07 Å². The van der Waals surface area contributed by atoms with Crippen LogP contribution in [0.25, 0.3) is 6.08 Å². The van der Waals surface area contributed by atoms with E-state index in [0.717, 1.165) is 11.1 Å². The van der Waals surface area contributed by atoms with E-state index in [-0.39, 0.29) is 10.8 Å². The summed E-state index contributed by atoms with van der Waals surface area (Å²) in [6, 6.07) is 15.1. The number of hydrogen-bond acceptors (Lipinski definition) is 4. The summed E-state index contributed by atoms with van der Waals surface area (Å²) in [6.45, 7) is 0.422. The van der Waals surface area contributed by atoms with Crippen molar-refractivity contribution < 1.29 is 13.2 Å². The SMILES string of the molecule is N#Cc1ccc(/C=C/C(=O)NCCc2ccc(S(N)(=O)=O)cc2)cc1. The maximum atomic E-state index is 11.8. The lowest BCUT2D eigenvalue weighted by atomic mass is 10.1. The molecule has 0 fully saturated rings. The number of carbonyl (C=O) groups is 1. The molecular formula is C18H17N3O3S. The molecule has 0 atom stereocenters. The number of nitriles is 1. The molecule has 0 aromatic heterocycles. The van der Waals surface area contributed by atoms with Crippen LogP contribution in [0, 0.1) is 11.3 Å². The Hall–Kier alpha value is -2.95. The second-order valence-corrected chi connectivity index (χ2v) is 6.86. The number of nitrogens with one attached hydrogen (secondary N) is 1. The summed E-state index contributed by atoms with van der Waals surface area (Å²) < 4.78 is 22.3. The molecule has 0 bridgehead atoms. The first-order valence-corrected chi connectivity index (χ1v) is 9.01. The lowest BCUT2D eigenvalue weighted by Crippen LogP contribution is -2.23. The molecule has 0 unspecified atom stereocenters. The van der Waals surface area contributed by atoms with E-state index in [1.54, 1.807) is 42.5 Å². The Labute approximate surface area is 146 Å². The van der Waals surface area contributed by atoms with Crippen molar-refractivity contribution >= 4 is 22.0 Å². The largest absolute Gasteiger partial charge is 0.352 e. The summed E-state index contributed by atoms with van der Waals surface area (Å²) in [4.78, 5) is 11.8. The Morgan fingerprint density at radius 1 is 1.12 bits per heavy atom. The zero-order chi connectivity index (χ0) is 18.3. The van der Waals surface area contributed by atoms with Gasteiger partial charge >= 0.3 is 0 Å². The van der Waals surface area contributed by atoms with Crippen LogP contribution in [-0.2, 0) is 21.2 Å². The van der Waals surface area contributed by atoms with Crippen molar-refractivity contribution in [1.82, 2.24) is 5.32 Å². The molecule has 0 aliphatic carbocycles.